The van der Waals surface area contributed by atoms with Crippen LogP contribution < -0.4 is 10.6 Å². The Morgan fingerprint density at radius 1 is 0.941 bits per heavy atom. The number of carbonyl (C=O) groups is 2. The molecule has 17 heavy (non-hydrogen) atoms. The molecule has 7 nitrogen and oxygen atoms in total. The fourth-order valence-electron chi connectivity index (χ4n) is 1.90. The number of ether oxygens (including phenoxy) is 1. The number of rotatable bonds is 6. The molecule has 0 spiro atoms. The molecular formula is C10H18N4O3. The minimum atomic E-state index is -0.0208. The van der Waals surface area contributed by atoms with Gasteiger partial charge in [0.15, 0.2) is 0 Å². The lowest BCUT2D eigenvalue weighted by molar-refractivity contribution is 0.102. The summed E-state index contributed by atoms with van der Waals surface area (Å²) in [5.41, 5.74) is 0. The minimum absolute atomic E-state index is 0.0208. The fraction of sp³-hybridized carbons (Fsp3) is 0.800. The standard InChI is InChI=1S/C10H18N4O3/c15-9-11-1-3-13(9)5-7-17-8-6-14-4-2-12-10(14)16/h1-8H2,(H,11,15)(H,12,16). The van der Waals surface area contributed by atoms with Gasteiger partial charge in [0.05, 0.1) is 13.2 Å². The van der Waals surface area contributed by atoms with Gasteiger partial charge in [-0.05, 0) is 0 Å². The highest BCUT2D eigenvalue weighted by molar-refractivity contribution is 5.76. The summed E-state index contributed by atoms with van der Waals surface area (Å²) < 4.78 is 5.41. The summed E-state index contributed by atoms with van der Waals surface area (Å²) >= 11 is 0. The van der Waals surface area contributed by atoms with Gasteiger partial charge in [0, 0.05) is 39.3 Å². The molecule has 0 aromatic rings. The molecule has 0 saturated carbocycles. The summed E-state index contributed by atoms with van der Waals surface area (Å²) in [7, 11) is 0. The van der Waals surface area contributed by atoms with Crippen molar-refractivity contribution in [3.8, 4) is 0 Å². The lowest BCUT2D eigenvalue weighted by atomic mass is 10.5. The van der Waals surface area contributed by atoms with Gasteiger partial charge in [-0.1, -0.05) is 0 Å². The van der Waals surface area contributed by atoms with E-state index in [1.807, 2.05) is 0 Å². The molecule has 0 bridgehead atoms. The second-order valence-corrected chi connectivity index (χ2v) is 4.05. The van der Waals surface area contributed by atoms with Crippen molar-refractivity contribution >= 4 is 12.1 Å². The third-order valence-corrected chi connectivity index (χ3v) is 2.90. The van der Waals surface area contributed by atoms with E-state index in [1.54, 1.807) is 9.80 Å². The topological polar surface area (TPSA) is 73.9 Å². The van der Waals surface area contributed by atoms with Crippen LogP contribution >= 0.6 is 0 Å². The molecule has 2 rings (SSSR count). The van der Waals surface area contributed by atoms with Crippen LogP contribution in [0.15, 0.2) is 0 Å². The molecule has 2 fully saturated rings. The van der Waals surface area contributed by atoms with E-state index < -0.39 is 0 Å². The lowest BCUT2D eigenvalue weighted by Crippen LogP contribution is -2.33. The molecule has 2 N–H and O–H groups in total. The van der Waals surface area contributed by atoms with E-state index in [-0.39, 0.29) is 12.1 Å². The Bertz CT molecular complexity index is 269. The summed E-state index contributed by atoms with van der Waals surface area (Å²) in [6.07, 6.45) is 0. The van der Waals surface area contributed by atoms with Gasteiger partial charge in [-0.3, -0.25) is 0 Å². The van der Waals surface area contributed by atoms with Crippen molar-refractivity contribution in [1.29, 1.82) is 0 Å². The van der Waals surface area contributed by atoms with Crippen molar-refractivity contribution in [1.82, 2.24) is 20.4 Å². The van der Waals surface area contributed by atoms with Crippen molar-refractivity contribution in [2.75, 3.05) is 52.5 Å². The molecule has 0 unspecified atom stereocenters. The molecule has 2 heterocycles. The Morgan fingerprint density at radius 3 is 1.76 bits per heavy atom. The summed E-state index contributed by atoms with van der Waals surface area (Å²) in [6.45, 7) is 5.18. The van der Waals surface area contributed by atoms with Crippen LogP contribution in [0.5, 0.6) is 0 Å². The van der Waals surface area contributed by atoms with Crippen molar-refractivity contribution in [3.05, 3.63) is 0 Å². The normalized spacial score (nSPS) is 19.8. The smallest absolute Gasteiger partial charge is 0.317 e. The first-order valence-corrected chi connectivity index (χ1v) is 5.90. The number of hydrogen-bond acceptors (Lipinski definition) is 3. The average molecular weight is 242 g/mol. The maximum atomic E-state index is 11.2. The van der Waals surface area contributed by atoms with E-state index in [0.717, 1.165) is 13.1 Å². The van der Waals surface area contributed by atoms with Crippen molar-refractivity contribution in [2.24, 2.45) is 0 Å². The molecule has 2 aliphatic heterocycles. The Balaban J connectivity index is 1.51. The predicted octanol–water partition coefficient (Wildman–Crippen LogP) is -0.947. The number of hydrogen-bond donors (Lipinski definition) is 2. The van der Waals surface area contributed by atoms with Crippen LogP contribution in [0.4, 0.5) is 9.59 Å². The predicted molar refractivity (Wildman–Crippen MR) is 60.8 cm³/mol. The lowest BCUT2D eigenvalue weighted by Gasteiger charge is -2.16. The molecule has 7 heteroatoms. The van der Waals surface area contributed by atoms with Crippen molar-refractivity contribution in [2.45, 2.75) is 0 Å². The van der Waals surface area contributed by atoms with Crippen LogP contribution in [-0.2, 0) is 4.74 Å². The van der Waals surface area contributed by atoms with E-state index in [2.05, 4.69) is 10.6 Å². The Morgan fingerprint density at radius 2 is 1.41 bits per heavy atom. The molecule has 4 amide bonds. The average Bonchev–Trinajstić information content (AvgIpc) is 2.89. The molecule has 0 aromatic carbocycles. The van der Waals surface area contributed by atoms with Crippen molar-refractivity contribution < 1.29 is 14.3 Å². The highest BCUT2D eigenvalue weighted by Gasteiger charge is 2.20. The van der Waals surface area contributed by atoms with Gasteiger partial charge in [0.25, 0.3) is 0 Å². The number of amides is 4. The van der Waals surface area contributed by atoms with Gasteiger partial charge < -0.3 is 25.2 Å². The highest BCUT2D eigenvalue weighted by Crippen LogP contribution is 1.97. The summed E-state index contributed by atoms with van der Waals surface area (Å²) in [4.78, 5) is 25.8. The van der Waals surface area contributed by atoms with Crippen LogP contribution in [0.2, 0.25) is 0 Å². The zero-order valence-corrected chi connectivity index (χ0v) is 9.78. The van der Waals surface area contributed by atoms with E-state index in [0.29, 0.717) is 39.4 Å². The van der Waals surface area contributed by atoms with Crippen molar-refractivity contribution in [3.63, 3.8) is 0 Å². The molecular weight excluding hydrogens is 224 g/mol. The molecule has 2 saturated heterocycles. The van der Waals surface area contributed by atoms with E-state index in [9.17, 15) is 9.59 Å². The molecule has 0 aromatic heterocycles. The summed E-state index contributed by atoms with van der Waals surface area (Å²) in [6, 6.07) is -0.0416. The zero-order valence-electron chi connectivity index (χ0n) is 9.78. The van der Waals surface area contributed by atoms with Gasteiger partial charge in [-0.25, -0.2) is 9.59 Å². The summed E-state index contributed by atoms with van der Waals surface area (Å²) in [5.74, 6) is 0. The Kier molecular flexibility index (Phi) is 4.03. The highest BCUT2D eigenvalue weighted by atomic mass is 16.5. The van der Waals surface area contributed by atoms with Gasteiger partial charge >= 0.3 is 12.1 Å². The fourth-order valence-corrected chi connectivity index (χ4v) is 1.90. The molecule has 0 radical (unpaired) electrons. The number of carbonyl (C=O) groups excluding carboxylic acids is 2. The van der Waals surface area contributed by atoms with E-state index in [4.69, 9.17) is 4.74 Å². The van der Waals surface area contributed by atoms with Gasteiger partial charge in [-0.15, -0.1) is 0 Å². The Labute approximate surface area is 100 Å². The van der Waals surface area contributed by atoms with Crippen LogP contribution in [0.1, 0.15) is 0 Å². The number of urea groups is 2. The van der Waals surface area contributed by atoms with Gasteiger partial charge in [0.2, 0.25) is 0 Å². The third kappa shape index (κ3) is 3.23. The molecule has 0 atom stereocenters. The molecule has 2 aliphatic rings. The summed E-state index contributed by atoms with van der Waals surface area (Å²) in [5, 5.41) is 5.46. The molecule has 0 aliphatic carbocycles. The molecule has 96 valence electrons. The first kappa shape index (κ1) is 12.0. The second kappa shape index (κ2) is 5.72. The van der Waals surface area contributed by atoms with Crippen LogP contribution in [-0.4, -0.2) is 74.3 Å². The quantitative estimate of drug-likeness (QED) is 0.590. The monoisotopic (exact) mass is 242 g/mol. The Hall–Kier alpha value is -1.50. The second-order valence-electron chi connectivity index (χ2n) is 4.05. The zero-order chi connectivity index (χ0) is 12.1. The maximum absolute atomic E-state index is 11.2. The van der Waals surface area contributed by atoms with Gasteiger partial charge in [0.1, 0.15) is 0 Å². The van der Waals surface area contributed by atoms with Gasteiger partial charge in [-0.2, -0.15) is 0 Å². The largest absolute Gasteiger partial charge is 0.378 e. The third-order valence-electron chi connectivity index (χ3n) is 2.90. The van der Waals surface area contributed by atoms with E-state index >= 15 is 0 Å². The van der Waals surface area contributed by atoms with Crippen LogP contribution in [0.3, 0.4) is 0 Å². The first-order chi connectivity index (χ1) is 8.27. The maximum Gasteiger partial charge on any atom is 0.317 e. The minimum Gasteiger partial charge on any atom is -0.378 e. The first-order valence-electron chi connectivity index (χ1n) is 5.90. The number of nitrogens with one attached hydrogen (secondary N) is 2. The van der Waals surface area contributed by atoms with Crippen LogP contribution in [0.25, 0.3) is 0 Å². The van der Waals surface area contributed by atoms with Crippen LogP contribution in [0, 0.1) is 0 Å². The SMILES string of the molecule is O=C1NCCN1CCOCCN1CCNC1=O. The number of nitrogens with zero attached hydrogens (tertiary/aromatic N) is 2. The van der Waals surface area contributed by atoms with E-state index in [1.165, 1.54) is 0 Å².